The lowest BCUT2D eigenvalue weighted by Gasteiger charge is -2.10. The van der Waals surface area contributed by atoms with E-state index in [-0.39, 0.29) is 11.6 Å². The molecule has 0 atom stereocenters. The number of hydrogen-bond acceptors (Lipinski definition) is 2. The molecular formula is C8H7ClF3NO. The highest BCUT2D eigenvalue weighted by atomic mass is 35.5. The number of pyridine rings is 1. The Balaban J connectivity index is 2.67. The second-order valence-electron chi connectivity index (χ2n) is 2.52. The van der Waals surface area contributed by atoms with Crippen LogP contribution in [0.2, 0.25) is 0 Å². The van der Waals surface area contributed by atoms with Gasteiger partial charge in [0.05, 0.1) is 12.1 Å². The van der Waals surface area contributed by atoms with Crippen molar-refractivity contribution in [3.05, 3.63) is 24.0 Å². The van der Waals surface area contributed by atoms with Gasteiger partial charge in [0.1, 0.15) is 5.75 Å². The van der Waals surface area contributed by atoms with Gasteiger partial charge in [0.15, 0.2) is 6.61 Å². The van der Waals surface area contributed by atoms with Gasteiger partial charge in [0, 0.05) is 11.8 Å². The molecule has 0 radical (unpaired) electrons. The summed E-state index contributed by atoms with van der Waals surface area (Å²) in [4.78, 5) is 3.64. The van der Waals surface area contributed by atoms with Crippen molar-refractivity contribution in [3.8, 4) is 5.75 Å². The fourth-order valence-electron chi connectivity index (χ4n) is 0.809. The largest absolute Gasteiger partial charge is 0.482 e. The zero-order valence-electron chi connectivity index (χ0n) is 7.01. The lowest BCUT2D eigenvalue weighted by Crippen LogP contribution is -2.19. The summed E-state index contributed by atoms with van der Waals surface area (Å²) in [7, 11) is 0. The number of halogens is 4. The molecule has 0 unspecified atom stereocenters. The molecule has 1 aromatic heterocycles. The number of ether oxygens (including phenoxy) is 1. The van der Waals surface area contributed by atoms with E-state index in [1.165, 1.54) is 18.5 Å². The Labute approximate surface area is 83.7 Å². The second kappa shape index (κ2) is 4.50. The van der Waals surface area contributed by atoms with Crippen molar-refractivity contribution < 1.29 is 17.9 Å². The van der Waals surface area contributed by atoms with Crippen LogP contribution >= 0.6 is 11.6 Å². The molecule has 0 spiro atoms. The van der Waals surface area contributed by atoms with Crippen LogP contribution in [0.25, 0.3) is 0 Å². The third-order valence-corrected chi connectivity index (χ3v) is 1.69. The average molecular weight is 226 g/mol. The van der Waals surface area contributed by atoms with Crippen LogP contribution in [-0.2, 0) is 5.88 Å². The summed E-state index contributed by atoms with van der Waals surface area (Å²) in [5, 5.41) is 0. The Morgan fingerprint density at radius 3 is 2.71 bits per heavy atom. The topological polar surface area (TPSA) is 22.1 Å². The summed E-state index contributed by atoms with van der Waals surface area (Å²) >= 11 is 5.49. The minimum atomic E-state index is -4.35. The normalized spacial score (nSPS) is 11.4. The zero-order chi connectivity index (χ0) is 10.6. The van der Waals surface area contributed by atoms with Gasteiger partial charge in [-0.25, -0.2) is 0 Å². The van der Waals surface area contributed by atoms with Gasteiger partial charge < -0.3 is 4.74 Å². The predicted octanol–water partition coefficient (Wildman–Crippen LogP) is 2.76. The first kappa shape index (κ1) is 11.1. The summed E-state index contributed by atoms with van der Waals surface area (Å²) in [5.41, 5.74) is 0.492. The Morgan fingerprint density at radius 1 is 1.43 bits per heavy atom. The van der Waals surface area contributed by atoms with E-state index in [4.69, 9.17) is 11.6 Å². The van der Waals surface area contributed by atoms with E-state index in [1.54, 1.807) is 0 Å². The lowest BCUT2D eigenvalue weighted by molar-refractivity contribution is -0.153. The number of aromatic nitrogens is 1. The molecule has 0 aromatic carbocycles. The molecule has 6 heteroatoms. The van der Waals surface area contributed by atoms with Gasteiger partial charge >= 0.3 is 6.18 Å². The van der Waals surface area contributed by atoms with E-state index >= 15 is 0 Å². The Bertz CT molecular complexity index is 303. The summed E-state index contributed by atoms with van der Waals surface area (Å²) in [5.74, 6) is 0.162. The summed E-state index contributed by atoms with van der Waals surface area (Å²) < 4.78 is 39.9. The van der Waals surface area contributed by atoms with Crippen molar-refractivity contribution in [2.24, 2.45) is 0 Å². The van der Waals surface area contributed by atoms with Crippen LogP contribution < -0.4 is 4.74 Å². The molecule has 0 saturated carbocycles. The van der Waals surface area contributed by atoms with Gasteiger partial charge in [-0.2, -0.15) is 13.2 Å². The molecule has 0 aliphatic carbocycles. The predicted molar refractivity (Wildman–Crippen MR) is 45.3 cm³/mol. The van der Waals surface area contributed by atoms with E-state index in [0.29, 0.717) is 5.56 Å². The molecule has 1 rings (SSSR count). The van der Waals surface area contributed by atoms with Crippen LogP contribution in [0.15, 0.2) is 18.5 Å². The molecule has 0 fully saturated rings. The van der Waals surface area contributed by atoms with Crippen molar-refractivity contribution >= 4 is 11.6 Å². The van der Waals surface area contributed by atoms with Gasteiger partial charge in [0.2, 0.25) is 0 Å². The van der Waals surface area contributed by atoms with Gasteiger partial charge in [-0.3, -0.25) is 4.98 Å². The molecule has 0 bridgehead atoms. The van der Waals surface area contributed by atoms with E-state index < -0.39 is 12.8 Å². The molecule has 2 nitrogen and oxygen atoms in total. The van der Waals surface area contributed by atoms with Gasteiger partial charge in [-0.1, -0.05) is 0 Å². The number of hydrogen-bond donors (Lipinski definition) is 0. The lowest BCUT2D eigenvalue weighted by atomic mass is 10.3. The van der Waals surface area contributed by atoms with Crippen LogP contribution in [0.4, 0.5) is 13.2 Å². The molecule has 0 N–H and O–H groups in total. The maximum Gasteiger partial charge on any atom is 0.422 e. The van der Waals surface area contributed by atoms with Crippen LogP contribution in [0.1, 0.15) is 5.56 Å². The summed E-state index contributed by atoms with van der Waals surface area (Å²) in [6, 6.07) is 1.51. The van der Waals surface area contributed by atoms with Crippen molar-refractivity contribution in [1.82, 2.24) is 4.98 Å². The summed E-state index contributed by atoms with van der Waals surface area (Å²) in [6.07, 6.45) is -1.69. The van der Waals surface area contributed by atoms with Crippen molar-refractivity contribution in [2.75, 3.05) is 6.61 Å². The molecule has 78 valence electrons. The van der Waals surface area contributed by atoms with E-state index in [0.717, 1.165) is 0 Å². The van der Waals surface area contributed by atoms with Gasteiger partial charge in [-0.15, -0.1) is 11.6 Å². The first-order chi connectivity index (χ1) is 6.53. The fraction of sp³-hybridized carbons (Fsp3) is 0.375. The number of rotatable bonds is 3. The van der Waals surface area contributed by atoms with Crippen LogP contribution in [0.3, 0.4) is 0 Å². The molecule has 14 heavy (non-hydrogen) atoms. The third kappa shape index (κ3) is 3.41. The molecule has 0 aliphatic heterocycles. The highest BCUT2D eigenvalue weighted by molar-refractivity contribution is 6.17. The Kier molecular flexibility index (Phi) is 3.57. The first-order valence-corrected chi connectivity index (χ1v) is 4.25. The Hall–Kier alpha value is -0.970. The first-order valence-electron chi connectivity index (χ1n) is 3.71. The van der Waals surface area contributed by atoms with Crippen molar-refractivity contribution in [1.29, 1.82) is 0 Å². The highest BCUT2D eigenvalue weighted by Crippen LogP contribution is 2.22. The molecule has 1 aromatic rings. The van der Waals surface area contributed by atoms with Crippen LogP contribution in [-0.4, -0.2) is 17.8 Å². The standard InChI is InChI=1S/C8H7ClF3NO/c9-3-6-1-2-13-4-7(6)14-5-8(10,11)12/h1-2,4H,3,5H2. The van der Waals surface area contributed by atoms with Crippen LogP contribution in [0, 0.1) is 0 Å². The maximum atomic E-state index is 11.8. The monoisotopic (exact) mass is 225 g/mol. The molecule has 1 heterocycles. The van der Waals surface area contributed by atoms with Crippen molar-refractivity contribution in [2.45, 2.75) is 12.1 Å². The SMILES string of the molecule is FC(F)(F)COc1cnccc1CCl. The zero-order valence-corrected chi connectivity index (χ0v) is 7.77. The second-order valence-corrected chi connectivity index (χ2v) is 2.79. The van der Waals surface area contributed by atoms with E-state index in [2.05, 4.69) is 9.72 Å². The summed E-state index contributed by atoms with van der Waals surface area (Å²) in [6.45, 7) is -1.33. The number of nitrogens with zero attached hydrogens (tertiary/aromatic N) is 1. The minimum Gasteiger partial charge on any atom is -0.482 e. The maximum absolute atomic E-state index is 11.8. The highest BCUT2D eigenvalue weighted by Gasteiger charge is 2.28. The molecule has 0 aliphatic rings. The van der Waals surface area contributed by atoms with E-state index in [1.807, 2.05) is 0 Å². The smallest absolute Gasteiger partial charge is 0.422 e. The minimum absolute atomic E-state index is 0.0693. The third-order valence-electron chi connectivity index (χ3n) is 1.41. The van der Waals surface area contributed by atoms with Crippen molar-refractivity contribution in [3.63, 3.8) is 0 Å². The fourth-order valence-corrected chi connectivity index (χ4v) is 1.03. The molecular weight excluding hydrogens is 219 g/mol. The van der Waals surface area contributed by atoms with E-state index in [9.17, 15) is 13.2 Å². The number of alkyl halides is 4. The average Bonchev–Trinajstić information content (AvgIpc) is 2.14. The van der Waals surface area contributed by atoms with Crippen LogP contribution in [0.5, 0.6) is 5.75 Å². The quantitative estimate of drug-likeness (QED) is 0.738. The Morgan fingerprint density at radius 2 is 2.14 bits per heavy atom. The molecule has 0 amide bonds. The molecule has 0 saturated heterocycles. The van der Waals surface area contributed by atoms with Gasteiger partial charge in [0.25, 0.3) is 0 Å². The van der Waals surface area contributed by atoms with Gasteiger partial charge in [-0.05, 0) is 6.07 Å².